The number of carbonyl (C=O) groups excluding carboxylic acids is 2. The van der Waals surface area contributed by atoms with Crippen molar-refractivity contribution in [3.05, 3.63) is 53.6 Å². The van der Waals surface area contributed by atoms with Crippen molar-refractivity contribution < 1.29 is 32.2 Å². The molecular weight excluding hydrogens is 436 g/mol. The van der Waals surface area contributed by atoms with Gasteiger partial charge in [0.25, 0.3) is 5.91 Å². The summed E-state index contributed by atoms with van der Waals surface area (Å²) >= 11 is 0. The highest BCUT2D eigenvalue weighted by Crippen LogP contribution is 2.34. The number of hydrogen-bond donors (Lipinski definition) is 2. The number of rotatable bonds is 8. The maximum absolute atomic E-state index is 12.5. The van der Waals surface area contributed by atoms with Crippen LogP contribution in [-0.4, -0.2) is 46.4 Å². The first kappa shape index (κ1) is 23.4. The zero-order valence-electron chi connectivity index (χ0n) is 18.1. The molecule has 0 fully saturated rings. The summed E-state index contributed by atoms with van der Waals surface area (Å²) in [6, 6.07) is 11.0. The van der Waals surface area contributed by atoms with Crippen molar-refractivity contribution in [1.29, 1.82) is 0 Å². The number of benzene rings is 2. The highest BCUT2D eigenvalue weighted by Gasteiger charge is 2.22. The number of hydrogen-bond acceptors (Lipinski definition) is 7. The molecule has 0 aliphatic carbocycles. The van der Waals surface area contributed by atoms with Crippen LogP contribution in [-0.2, 0) is 19.6 Å². The van der Waals surface area contributed by atoms with Gasteiger partial charge in [-0.2, -0.15) is 0 Å². The van der Waals surface area contributed by atoms with Crippen LogP contribution in [0.2, 0.25) is 0 Å². The van der Waals surface area contributed by atoms with Gasteiger partial charge in [-0.25, -0.2) is 13.2 Å². The van der Waals surface area contributed by atoms with Gasteiger partial charge < -0.3 is 19.5 Å². The fraction of sp³-hybridized carbons (Fsp3) is 0.364. The first-order valence-electron chi connectivity index (χ1n) is 10.1. The van der Waals surface area contributed by atoms with E-state index in [9.17, 15) is 18.0 Å². The van der Waals surface area contributed by atoms with E-state index in [1.165, 1.54) is 24.3 Å². The Kier molecular flexibility index (Phi) is 7.24. The molecule has 1 heterocycles. The van der Waals surface area contributed by atoms with Gasteiger partial charge in [0.15, 0.2) is 18.1 Å². The summed E-state index contributed by atoms with van der Waals surface area (Å²) in [5, 5.41) is 2.88. The minimum absolute atomic E-state index is 0.0657. The third-order valence-electron chi connectivity index (χ3n) is 4.64. The molecule has 0 bridgehead atoms. The third kappa shape index (κ3) is 6.36. The van der Waals surface area contributed by atoms with E-state index >= 15 is 0 Å². The smallest absolute Gasteiger partial charge is 0.338 e. The van der Waals surface area contributed by atoms with Gasteiger partial charge >= 0.3 is 5.97 Å². The van der Waals surface area contributed by atoms with E-state index in [0.29, 0.717) is 24.7 Å². The van der Waals surface area contributed by atoms with E-state index in [1.54, 1.807) is 0 Å². The summed E-state index contributed by atoms with van der Waals surface area (Å²) < 4.78 is 41.3. The molecule has 10 heteroatoms. The van der Waals surface area contributed by atoms with Crippen LogP contribution in [0.25, 0.3) is 0 Å². The fourth-order valence-electron chi connectivity index (χ4n) is 3.24. The Bertz CT molecular complexity index is 1100. The second-order valence-corrected chi connectivity index (χ2v) is 9.47. The molecule has 32 heavy (non-hydrogen) atoms. The molecule has 1 unspecified atom stereocenters. The normalized spacial score (nSPS) is 13.9. The summed E-state index contributed by atoms with van der Waals surface area (Å²) in [4.78, 5) is 24.8. The number of sulfonamides is 1. The van der Waals surface area contributed by atoms with E-state index in [1.807, 2.05) is 32.0 Å². The van der Waals surface area contributed by atoms with E-state index in [0.717, 1.165) is 11.8 Å². The lowest BCUT2D eigenvalue weighted by atomic mass is 9.95. The second kappa shape index (κ2) is 9.90. The van der Waals surface area contributed by atoms with Crippen LogP contribution in [0.15, 0.2) is 42.5 Å². The van der Waals surface area contributed by atoms with E-state index in [4.69, 9.17) is 14.2 Å². The van der Waals surface area contributed by atoms with Crippen molar-refractivity contribution in [3.8, 4) is 11.5 Å². The maximum Gasteiger partial charge on any atom is 0.338 e. The molecule has 172 valence electrons. The fourth-order valence-corrected chi connectivity index (χ4v) is 3.80. The molecule has 1 amide bonds. The Morgan fingerprint density at radius 1 is 1.06 bits per heavy atom. The lowest BCUT2D eigenvalue weighted by Gasteiger charge is -2.25. The first-order valence-corrected chi connectivity index (χ1v) is 12.0. The highest BCUT2D eigenvalue weighted by atomic mass is 32.2. The van der Waals surface area contributed by atoms with Crippen LogP contribution in [0.3, 0.4) is 0 Å². The topological polar surface area (TPSA) is 120 Å². The van der Waals surface area contributed by atoms with Crippen molar-refractivity contribution in [2.45, 2.75) is 19.9 Å². The lowest BCUT2D eigenvalue weighted by Crippen LogP contribution is -2.35. The molecule has 1 aliphatic heterocycles. The molecule has 0 saturated heterocycles. The minimum atomic E-state index is -3.48. The monoisotopic (exact) mass is 462 g/mol. The van der Waals surface area contributed by atoms with Crippen LogP contribution >= 0.6 is 0 Å². The Labute approximate surface area is 187 Å². The van der Waals surface area contributed by atoms with Gasteiger partial charge in [0.05, 0.1) is 17.9 Å². The Morgan fingerprint density at radius 3 is 2.47 bits per heavy atom. The van der Waals surface area contributed by atoms with Crippen LogP contribution in [0.1, 0.15) is 35.8 Å². The number of carbonyl (C=O) groups is 2. The molecule has 9 nitrogen and oxygen atoms in total. The number of nitrogens with one attached hydrogen (secondary N) is 2. The van der Waals surface area contributed by atoms with E-state index < -0.39 is 28.5 Å². The maximum atomic E-state index is 12.5. The van der Waals surface area contributed by atoms with Gasteiger partial charge in [-0.1, -0.05) is 26.0 Å². The number of esters is 1. The van der Waals surface area contributed by atoms with Gasteiger partial charge in [-0.15, -0.1) is 0 Å². The summed E-state index contributed by atoms with van der Waals surface area (Å²) in [5.41, 5.74) is 1.20. The summed E-state index contributed by atoms with van der Waals surface area (Å²) in [6.45, 7) is 4.42. The SMILES string of the molecule is CC(C)C(NC(=O)COC(=O)c1cccc(NS(C)(=O)=O)c1)c1ccc2c(c1)OCCO2. The van der Waals surface area contributed by atoms with Crippen molar-refractivity contribution >= 4 is 27.6 Å². The lowest BCUT2D eigenvalue weighted by molar-refractivity contribution is -0.125. The molecule has 0 spiro atoms. The average molecular weight is 463 g/mol. The quantitative estimate of drug-likeness (QED) is 0.578. The number of ether oxygens (including phenoxy) is 3. The van der Waals surface area contributed by atoms with Gasteiger partial charge in [0.1, 0.15) is 13.2 Å². The molecule has 0 radical (unpaired) electrons. The van der Waals surface area contributed by atoms with Gasteiger partial charge in [0, 0.05) is 5.69 Å². The standard InChI is InChI=1S/C22H26N2O7S/c1-14(2)21(15-7-8-18-19(12-15)30-10-9-29-18)23-20(25)13-31-22(26)16-5-4-6-17(11-16)24-32(3,27)28/h4-8,11-12,14,21,24H,9-10,13H2,1-3H3,(H,23,25). The zero-order chi connectivity index (χ0) is 23.3. The molecule has 0 aromatic heterocycles. The second-order valence-electron chi connectivity index (χ2n) is 7.72. The first-order chi connectivity index (χ1) is 15.1. The van der Waals surface area contributed by atoms with Gasteiger partial charge in [0.2, 0.25) is 10.0 Å². The Morgan fingerprint density at radius 2 is 1.78 bits per heavy atom. The molecule has 1 aliphatic rings. The van der Waals surface area contributed by atoms with Crippen molar-refractivity contribution in [2.75, 3.05) is 30.8 Å². The molecule has 2 aromatic rings. The number of amides is 1. The van der Waals surface area contributed by atoms with Crippen LogP contribution < -0.4 is 19.5 Å². The minimum Gasteiger partial charge on any atom is -0.486 e. The van der Waals surface area contributed by atoms with Crippen LogP contribution in [0.5, 0.6) is 11.5 Å². The number of fused-ring (bicyclic) bond motifs is 1. The molecule has 3 rings (SSSR count). The van der Waals surface area contributed by atoms with Crippen molar-refractivity contribution in [3.63, 3.8) is 0 Å². The third-order valence-corrected chi connectivity index (χ3v) is 5.25. The molecule has 2 N–H and O–H groups in total. The molecular formula is C22H26N2O7S. The zero-order valence-corrected chi connectivity index (χ0v) is 18.9. The van der Waals surface area contributed by atoms with E-state index in [-0.39, 0.29) is 23.2 Å². The van der Waals surface area contributed by atoms with Crippen LogP contribution in [0.4, 0.5) is 5.69 Å². The van der Waals surface area contributed by atoms with Gasteiger partial charge in [-0.3, -0.25) is 9.52 Å². The Hall–Kier alpha value is -3.27. The predicted octanol–water partition coefficient (Wildman–Crippen LogP) is 2.50. The Balaban J connectivity index is 1.61. The van der Waals surface area contributed by atoms with E-state index in [2.05, 4.69) is 10.0 Å². The van der Waals surface area contributed by atoms with Gasteiger partial charge in [-0.05, 0) is 41.8 Å². The van der Waals surface area contributed by atoms with Crippen molar-refractivity contribution in [2.24, 2.45) is 5.92 Å². The largest absolute Gasteiger partial charge is 0.486 e. The predicted molar refractivity (Wildman–Crippen MR) is 118 cm³/mol. The van der Waals surface area contributed by atoms with Crippen molar-refractivity contribution in [1.82, 2.24) is 5.32 Å². The summed E-state index contributed by atoms with van der Waals surface area (Å²) in [5.74, 6) is 0.157. The average Bonchev–Trinajstić information content (AvgIpc) is 2.74. The molecule has 2 aromatic carbocycles. The highest BCUT2D eigenvalue weighted by molar-refractivity contribution is 7.92. The van der Waals surface area contributed by atoms with Crippen LogP contribution in [0, 0.1) is 5.92 Å². The molecule has 1 atom stereocenters. The molecule has 0 saturated carbocycles. The number of anilines is 1. The summed E-state index contributed by atoms with van der Waals surface area (Å²) in [6.07, 6.45) is 1.01. The summed E-state index contributed by atoms with van der Waals surface area (Å²) in [7, 11) is -3.48.